The minimum Gasteiger partial charge on any atom is -0.393 e. The van der Waals surface area contributed by atoms with Gasteiger partial charge in [0, 0.05) is 24.0 Å². The highest BCUT2D eigenvalue weighted by Crippen LogP contribution is 2.42. The van der Waals surface area contributed by atoms with E-state index >= 15 is 0 Å². The molecule has 1 aliphatic rings. The van der Waals surface area contributed by atoms with Crippen molar-refractivity contribution in [2.75, 3.05) is 11.0 Å². The molecule has 1 aromatic carbocycles. The molecule has 0 fully saturated rings. The number of benzene rings is 1. The van der Waals surface area contributed by atoms with Crippen molar-refractivity contribution in [1.29, 1.82) is 0 Å². The zero-order valence-electron chi connectivity index (χ0n) is 22.8. The van der Waals surface area contributed by atoms with E-state index in [4.69, 9.17) is 4.98 Å². The first kappa shape index (κ1) is 29.5. The Morgan fingerprint density at radius 1 is 1.07 bits per heavy atom. The third-order valence-electron chi connectivity index (χ3n) is 6.77. The summed E-state index contributed by atoms with van der Waals surface area (Å²) in [4.78, 5) is 20.4. The molecule has 0 amide bonds. The summed E-state index contributed by atoms with van der Waals surface area (Å²) in [6.07, 6.45) is 5.10. The molecule has 2 aromatic heterocycles. The number of fused-ring (bicyclic) bond motifs is 3. The number of pyridine rings is 2. The van der Waals surface area contributed by atoms with E-state index in [-0.39, 0.29) is 30.4 Å². The quantitative estimate of drug-likeness (QED) is 0.304. The van der Waals surface area contributed by atoms with E-state index in [0.29, 0.717) is 19.1 Å². The third kappa shape index (κ3) is 6.99. The highest BCUT2D eigenvalue weighted by Gasteiger charge is 2.26. The number of carbonyl (C=O) groups is 1. The van der Waals surface area contributed by atoms with Gasteiger partial charge in [-0.3, -0.25) is 9.71 Å². The predicted molar refractivity (Wildman–Crippen MR) is 154 cm³/mol. The minimum atomic E-state index is -3.49. The number of hydrogen-bond donors (Lipinski definition) is 3. The second-order valence-corrected chi connectivity index (χ2v) is 12.2. The lowest BCUT2D eigenvalue weighted by molar-refractivity contribution is -0.109. The SMILES string of the molecule is CC(C)c1nc2c(c(-c3ccc(F)cc3)c1/C=C/[C@@H](O)C[C@@H](O)CC=O)CCCc1nc(NS(C)(=O)=O)ccc1-2. The van der Waals surface area contributed by atoms with E-state index in [1.807, 2.05) is 19.9 Å². The van der Waals surface area contributed by atoms with E-state index in [1.165, 1.54) is 12.1 Å². The van der Waals surface area contributed by atoms with Crippen molar-refractivity contribution < 1.29 is 27.8 Å². The van der Waals surface area contributed by atoms with Gasteiger partial charge in [-0.1, -0.05) is 38.1 Å². The van der Waals surface area contributed by atoms with Gasteiger partial charge in [0.15, 0.2) is 0 Å². The van der Waals surface area contributed by atoms with Crippen molar-refractivity contribution in [2.45, 2.75) is 64.1 Å². The van der Waals surface area contributed by atoms with Crippen LogP contribution in [0.4, 0.5) is 10.2 Å². The van der Waals surface area contributed by atoms with Gasteiger partial charge in [0.25, 0.3) is 0 Å². The van der Waals surface area contributed by atoms with Crippen LogP contribution in [0.25, 0.3) is 28.5 Å². The number of hydrogen-bond acceptors (Lipinski definition) is 7. The largest absolute Gasteiger partial charge is 0.393 e. The van der Waals surface area contributed by atoms with E-state index in [2.05, 4.69) is 9.71 Å². The Hall–Kier alpha value is -3.47. The summed E-state index contributed by atoms with van der Waals surface area (Å²) in [5.41, 5.74) is 6.47. The average Bonchev–Trinajstić information content (AvgIpc) is 3.05. The van der Waals surface area contributed by atoms with Crippen LogP contribution in [0.3, 0.4) is 0 Å². The van der Waals surface area contributed by atoms with Crippen molar-refractivity contribution in [1.82, 2.24) is 9.97 Å². The molecule has 2 atom stereocenters. The number of sulfonamides is 1. The van der Waals surface area contributed by atoms with Crippen LogP contribution >= 0.6 is 0 Å². The van der Waals surface area contributed by atoms with Gasteiger partial charge in [0.05, 0.1) is 35.5 Å². The van der Waals surface area contributed by atoms with Gasteiger partial charge >= 0.3 is 0 Å². The third-order valence-corrected chi connectivity index (χ3v) is 7.35. The number of nitrogens with one attached hydrogen (secondary N) is 1. The Morgan fingerprint density at radius 3 is 2.45 bits per heavy atom. The lowest BCUT2D eigenvalue weighted by Crippen LogP contribution is -2.16. The van der Waals surface area contributed by atoms with E-state index in [1.54, 1.807) is 30.4 Å². The summed E-state index contributed by atoms with van der Waals surface area (Å²) in [5, 5.41) is 20.5. The summed E-state index contributed by atoms with van der Waals surface area (Å²) in [7, 11) is -3.49. The second kappa shape index (κ2) is 12.4. The summed E-state index contributed by atoms with van der Waals surface area (Å²) in [6, 6.07) is 9.71. The van der Waals surface area contributed by atoms with Crippen LogP contribution in [-0.2, 0) is 27.7 Å². The molecule has 0 saturated heterocycles. The number of aliphatic hydroxyl groups excluding tert-OH is 2. The fourth-order valence-electron chi connectivity index (χ4n) is 5.04. The van der Waals surface area contributed by atoms with Crippen LogP contribution < -0.4 is 4.72 Å². The Labute approximate surface area is 234 Å². The smallest absolute Gasteiger partial charge is 0.230 e. The summed E-state index contributed by atoms with van der Waals surface area (Å²) >= 11 is 0. The average molecular weight is 568 g/mol. The molecule has 8 nitrogen and oxygen atoms in total. The number of aldehydes is 1. The first-order valence-electron chi connectivity index (χ1n) is 13.3. The Bertz CT molecular complexity index is 1520. The van der Waals surface area contributed by atoms with E-state index in [9.17, 15) is 27.8 Å². The van der Waals surface area contributed by atoms with Gasteiger partial charge in [-0.2, -0.15) is 0 Å². The van der Waals surface area contributed by atoms with Crippen LogP contribution in [0.1, 0.15) is 61.5 Å². The number of nitrogens with zero attached hydrogens (tertiary/aromatic N) is 2. The van der Waals surface area contributed by atoms with E-state index < -0.39 is 22.2 Å². The molecule has 0 saturated carbocycles. The van der Waals surface area contributed by atoms with Crippen molar-refractivity contribution in [2.24, 2.45) is 0 Å². The highest BCUT2D eigenvalue weighted by molar-refractivity contribution is 7.92. The summed E-state index contributed by atoms with van der Waals surface area (Å²) in [6.45, 7) is 4.03. The number of aryl methyl sites for hydroxylation is 1. The Morgan fingerprint density at radius 2 is 1.80 bits per heavy atom. The molecular weight excluding hydrogens is 533 g/mol. The minimum absolute atomic E-state index is 0.0133. The lowest BCUT2D eigenvalue weighted by Gasteiger charge is -2.22. The van der Waals surface area contributed by atoms with Gasteiger partial charge in [-0.25, -0.2) is 17.8 Å². The van der Waals surface area contributed by atoms with Gasteiger partial charge in [-0.15, -0.1) is 0 Å². The molecule has 10 heteroatoms. The maximum Gasteiger partial charge on any atom is 0.230 e. The summed E-state index contributed by atoms with van der Waals surface area (Å²) < 4.78 is 39.9. The first-order chi connectivity index (χ1) is 19.0. The zero-order valence-corrected chi connectivity index (χ0v) is 23.6. The maximum atomic E-state index is 13.9. The number of aliphatic hydroxyl groups is 2. The van der Waals surface area contributed by atoms with Gasteiger partial charge in [0.1, 0.15) is 17.9 Å². The molecular formula is C30H34FN3O5S. The molecule has 1 aliphatic carbocycles. The fraction of sp³-hybridized carbons (Fsp3) is 0.367. The number of rotatable bonds is 10. The van der Waals surface area contributed by atoms with Crippen molar-refractivity contribution in [3.05, 3.63) is 70.8 Å². The Balaban J connectivity index is 1.93. The van der Waals surface area contributed by atoms with Gasteiger partial charge < -0.3 is 15.0 Å². The number of aromatic nitrogens is 2. The second-order valence-electron chi connectivity index (χ2n) is 10.4. The van der Waals surface area contributed by atoms with E-state index in [0.717, 1.165) is 57.6 Å². The van der Waals surface area contributed by atoms with Crippen LogP contribution in [0, 0.1) is 5.82 Å². The molecule has 0 unspecified atom stereocenters. The molecule has 0 aliphatic heterocycles. The number of halogens is 1. The molecule has 212 valence electrons. The Kier molecular flexibility index (Phi) is 9.12. The van der Waals surface area contributed by atoms with Crippen LogP contribution in [0.2, 0.25) is 0 Å². The van der Waals surface area contributed by atoms with Crippen LogP contribution in [0.15, 0.2) is 42.5 Å². The van der Waals surface area contributed by atoms with Crippen molar-refractivity contribution in [3.8, 4) is 22.4 Å². The first-order valence-corrected chi connectivity index (χ1v) is 15.1. The molecule has 40 heavy (non-hydrogen) atoms. The zero-order chi connectivity index (χ0) is 29.0. The highest BCUT2D eigenvalue weighted by atomic mass is 32.2. The normalized spacial score (nSPS) is 14.9. The molecule has 4 rings (SSSR count). The topological polar surface area (TPSA) is 129 Å². The monoisotopic (exact) mass is 567 g/mol. The van der Waals surface area contributed by atoms with Crippen LogP contribution in [-0.4, -0.2) is 53.3 Å². The molecule has 3 N–H and O–H groups in total. The molecule has 2 heterocycles. The molecule has 0 radical (unpaired) electrons. The molecule has 0 spiro atoms. The van der Waals surface area contributed by atoms with Crippen LogP contribution in [0.5, 0.6) is 0 Å². The molecule has 3 aromatic rings. The van der Waals surface area contributed by atoms with Crippen molar-refractivity contribution in [3.63, 3.8) is 0 Å². The van der Waals surface area contributed by atoms with Gasteiger partial charge in [-0.05, 0) is 66.1 Å². The molecule has 0 bridgehead atoms. The maximum absolute atomic E-state index is 13.9. The lowest BCUT2D eigenvalue weighted by atomic mass is 9.86. The van der Waals surface area contributed by atoms with Crippen molar-refractivity contribution >= 4 is 28.2 Å². The summed E-state index contributed by atoms with van der Waals surface area (Å²) in [5.74, 6) is -0.129. The standard InChI is InChI=1S/C30H34FN3O5S/c1-18(2)29-25(12-11-21(36)17-22(37)15-16-35)28(19-7-9-20(31)10-8-19)24-5-4-6-26-23(30(24)33-29)13-14-27(32-26)34-40(3,38)39/h7-14,16,18,21-22,36-37H,4-6,15,17H2,1-3H3,(H,32,34)/b12-11+/t21-,22+/m1/s1. The fourth-order valence-corrected chi connectivity index (χ4v) is 5.53. The predicted octanol–water partition coefficient (Wildman–Crippen LogP) is 4.65. The number of carbonyl (C=O) groups excluding carboxylic acids is 1. The van der Waals surface area contributed by atoms with Gasteiger partial charge in [0.2, 0.25) is 10.0 Å². The number of anilines is 1.